The molecule has 0 radical (unpaired) electrons. The van der Waals surface area contributed by atoms with Gasteiger partial charge < -0.3 is 9.15 Å². The fourth-order valence-corrected chi connectivity index (χ4v) is 2.93. The number of nitrogens with zero attached hydrogens (tertiary/aromatic N) is 4. The van der Waals surface area contributed by atoms with Gasteiger partial charge in [0, 0.05) is 20.0 Å². The van der Waals surface area contributed by atoms with Crippen molar-refractivity contribution in [2.75, 3.05) is 19.8 Å². The standard InChI is InChI=1S/C16H22N4O2/c1-4-9-21-11-15-16-14(19(3)18-17-16)7-8-20(15)10-13-6-5-12(2)22-13/h4-6,15H,1,7-11H2,2-3H3. The van der Waals surface area contributed by atoms with Gasteiger partial charge in [-0.05, 0) is 19.1 Å². The highest BCUT2D eigenvalue weighted by atomic mass is 16.5. The van der Waals surface area contributed by atoms with E-state index in [4.69, 9.17) is 9.15 Å². The maximum absolute atomic E-state index is 5.71. The summed E-state index contributed by atoms with van der Waals surface area (Å²) in [5, 5.41) is 8.51. The molecule has 1 unspecified atom stereocenters. The van der Waals surface area contributed by atoms with Crippen LogP contribution in [-0.4, -0.2) is 39.7 Å². The van der Waals surface area contributed by atoms with Gasteiger partial charge in [-0.1, -0.05) is 11.3 Å². The minimum Gasteiger partial charge on any atom is -0.465 e. The molecular weight excluding hydrogens is 280 g/mol. The Labute approximate surface area is 130 Å². The molecule has 2 aromatic heterocycles. The minimum absolute atomic E-state index is 0.0998. The van der Waals surface area contributed by atoms with Gasteiger partial charge in [-0.2, -0.15) is 0 Å². The molecule has 0 aromatic carbocycles. The zero-order valence-electron chi connectivity index (χ0n) is 13.2. The Morgan fingerprint density at radius 3 is 3.09 bits per heavy atom. The molecule has 0 saturated heterocycles. The van der Waals surface area contributed by atoms with Crippen LogP contribution in [0.5, 0.6) is 0 Å². The lowest BCUT2D eigenvalue weighted by atomic mass is 10.0. The first-order chi connectivity index (χ1) is 10.7. The average molecular weight is 302 g/mol. The topological polar surface area (TPSA) is 56.3 Å². The van der Waals surface area contributed by atoms with Gasteiger partial charge in [0.25, 0.3) is 0 Å². The number of aromatic nitrogens is 3. The van der Waals surface area contributed by atoms with Crippen LogP contribution in [0.15, 0.2) is 29.2 Å². The first-order valence-corrected chi connectivity index (χ1v) is 7.55. The van der Waals surface area contributed by atoms with Crippen LogP contribution < -0.4 is 0 Å². The van der Waals surface area contributed by atoms with Crippen molar-refractivity contribution < 1.29 is 9.15 Å². The van der Waals surface area contributed by atoms with Crippen LogP contribution in [0.1, 0.15) is 29.0 Å². The summed E-state index contributed by atoms with van der Waals surface area (Å²) in [4.78, 5) is 2.35. The van der Waals surface area contributed by atoms with Gasteiger partial charge in [-0.25, -0.2) is 0 Å². The highest BCUT2D eigenvalue weighted by molar-refractivity contribution is 5.19. The Morgan fingerprint density at radius 2 is 2.36 bits per heavy atom. The minimum atomic E-state index is 0.0998. The molecule has 3 heterocycles. The normalized spacial score (nSPS) is 18.4. The monoisotopic (exact) mass is 302 g/mol. The molecule has 2 aromatic rings. The third-order valence-corrected chi connectivity index (χ3v) is 4.03. The van der Waals surface area contributed by atoms with E-state index in [2.05, 4.69) is 21.8 Å². The number of aryl methyl sites for hydroxylation is 2. The molecule has 118 valence electrons. The molecule has 0 N–H and O–H groups in total. The van der Waals surface area contributed by atoms with Crippen molar-refractivity contribution in [2.45, 2.75) is 25.9 Å². The van der Waals surface area contributed by atoms with Crippen LogP contribution in [0, 0.1) is 6.92 Å². The molecule has 6 nitrogen and oxygen atoms in total. The predicted octanol–water partition coefficient (Wildman–Crippen LogP) is 2.02. The third-order valence-electron chi connectivity index (χ3n) is 4.03. The Kier molecular flexibility index (Phi) is 4.40. The largest absolute Gasteiger partial charge is 0.465 e. The van der Waals surface area contributed by atoms with E-state index in [1.807, 2.05) is 30.8 Å². The second-order valence-corrected chi connectivity index (χ2v) is 5.62. The molecular formula is C16H22N4O2. The van der Waals surface area contributed by atoms with Crippen LogP contribution in [0.2, 0.25) is 0 Å². The highest BCUT2D eigenvalue weighted by Crippen LogP contribution is 2.29. The SMILES string of the molecule is C=CCOCC1c2nnn(C)c2CCN1Cc1ccc(C)o1. The van der Waals surface area contributed by atoms with Crippen molar-refractivity contribution in [1.82, 2.24) is 19.9 Å². The molecule has 0 saturated carbocycles. The molecule has 1 atom stereocenters. The van der Waals surface area contributed by atoms with Gasteiger partial charge in [0.05, 0.1) is 31.5 Å². The predicted molar refractivity (Wildman–Crippen MR) is 82.3 cm³/mol. The van der Waals surface area contributed by atoms with Gasteiger partial charge in [0.1, 0.15) is 17.2 Å². The summed E-state index contributed by atoms with van der Waals surface area (Å²) in [6, 6.07) is 4.13. The Balaban J connectivity index is 1.80. The number of hydrogen-bond acceptors (Lipinski definition) is 5. The maximum Gasteiger partial charge on any atom is 0.118 e. The summed E-state index contributed by atoms with van der Waals surface area (Å²) >= 11 is 0. The molecule has 3 rings (SSSR count). The zero-order chi connectivity index (χ0) is 15.5. The molecule has 6 heteroatoms. The second-order valence-electron chi connectivity index (χ2n) is 5.62. The lowest BCUT2D eigenvalue weighted by molar-refractivity contribution is 0.0561. The van der Waals surface area contributed by atoms with Crippen molar-refractivity contribution in [3.63, 3.8) is 0 Å². The van der Waals surface area contributed by atoms with Crippen molar-refractivity contribution in [3.05, 3.63) is 47.7 Å². The van der Waals surface area contributed by atoms with E-state index in [0.717, 1.165) is 36.7 Å². The number of furan rings is 1. The molecule has 0 fully saturated rings. The van der Waals surface area contributed by atoms with Gasteiger partial charge in [0.2, 0.25) is 0 Å². The van der Waals surface area contributed by atoms with Crippen molar-refractivity contribution >= 4 is 0 Å². The van der Waals surface area contributed by atoms with Crippen LogP contribution in [0.25, 0.3) is 0 Å². The van der Waals surface area contributed by atoms with Crippen molar-refractivity contribution in [3.8, 4) is 0 Å². The Morgan fingerprint density at radius 1 is 1.50 bits per heavy atom. The fraction of sp³-hybridized carbons (Fsp3) is 0.500. The molecule has 1 aliphatic heterocycles. The van der Waals surface area contributed by atoms with E-state index < -0.39 is 0 Å². The number of hydrogen-bond donors (Lipinski definition) is 0. The first-order valence-electron chi connectivity index (χ1n) is 7.55. The summed E-state index contributed by atoms with van der Waals surface area (Å²) in [6.07, 6.45) is 2.71. The van der Waals surface area contributed by atoms with Gasteiger partial charge in [-0.15, -0.1) is 11.7 Å². The average Bonchev–Trinajstić information content (AvgIpc) is 3.08. The molecule has 22 heavy (non-hydrogen) atoms. The van der Waals surface area contributed by atoms with E-state index in [0.29, 0.717) is 13.2 Å². The second kappa shape index (κ2) is 6.46. The van der Waals surface area contributed by atoms with E-state index in [-0.39, 0.29) is 6.04 Å². The number of ether oxygens (including phenoxy) is 1. The van der Waals surface area contributed by atoms with Crippen LogP contribution >= 0.6 is 0 Å². The molecule has 0 aliphatic carbocycles. The van der Waals surface area contributed by atoms with Gasteiger partial charge in [0.15, 0.2) is 0 Å². The molecule has 0 bridgehead atoms. The van der Waals surface area contributed by atoms with Crippen LogP contribution in [0.3, 0.4) is 0 Å². The van der Waals surface area contributed by atoms with Gasteiger partial charge >= 0.3 is 0 Å². The van der Waals surface area contributed by atoms with Crippen molar-refractivity contribution in [2.24, 2.45) is 7.05 Å². The molecule has 0 amide bonds. The first kappa shape index (κ1) is 15.0. The lowest BCUT2D eigenvalue weighted by Gasteiger charge is -2.33. The van der Waals surface area contributed by atoms with E-state index in [1.165, 1.54) is 5.69 Å². The summed E-state index contributed by atoms with van der Waals surface area (Å²) in [5.41, 5.74) is 2.21. The number of fused-ring (bicyclic) bond motifs is 1. The van der Waals surface area contributed by atoms with E-state index >= 15 is 0 Å². The van der Waals surface area contributed by atoms with Crippen molar-refractivity contribution in [1.29, 1.82) is 0 Å². The van der Waals surface area contributed by atoms with Gasteiger partial charge in [-0.3, -0.25) is 9.58 Å². The summed E-state index contributed by atoms with van der Waals surface area (Å²) in [5.74, 6) is 1.91. The van der Waals surface area contributed by atoms with E-state index in [1.54, 1.807) is 6.08 Å². The van der Waals surface area contributed by atoms with Crippen LogP contribution in [0.4, 0.5) is 0 Å². The zero-order valence-corrected chi connectivity index (χ0v) is 13.2. The highest BCUT2D eigenvalue weighted by Gasteiger charge is 2.32. The Hall–Kier alpha value is -1.92. The fourth-order valence-electron chi connectivity index (χ4n) is 2.93. The maximum atomic E-state index is 5.71. The molecule has 0 spiro atoms. The Bertz CT molecular complexity index is 646. The molecule has 1 aliphatic rings. The summed E-state index contributed by atoms with van der Waals surface area (Å²) in [7, 11) is 1.94. The van der Waals surface area contributed by atoms with Crippen LogP contribution in [-0.2, 0) is 24.8 Å². The third kappa shape index (κ3) is 2.98. The smallest absolute Gasteiger partial charge is 0.118 e. The lowest BCUT2D eigenvalue weighted by Crippen LogP contribution is -2.38. The van der Waals surface area contributed by atoms with E-state index in [9.17, 15) is 0 Å². The summed E-state index contributed by atoms with van der Waals surface area (Å²) < 4.78 is 13.3. The quantitative estimate of drug-likeness (QED) is 0.603. The summed E-state index contributed by atoms with van der Waals surface area (Å²) in [6.45, 7) is 8.48. The number of rotatable bonds is 6.